The number of guanidine groups is 1. The smallest absolute Gasteiger partial charge is 0.239 e. The highest BCUT2D eigenvalue weighted by molar-refractivity contribution is 5.86. The third kappa shape index (κ3) is 7.59. The first-order chi connectivity index (χ1) is 11.6. The van der Waals surface area contributed by atoms with Crippen molar-refractivity contribution in [3.63, 3.8) is 0 Å². The molecule has 0 aliphatic heterocycles. The van der Waals surface area contributed by atoms with Crippen molar-refractivity contribution in [1.29, 1.82) is 0 Å². The maximum atomic E-state index is 11.9. The Labute approximate surface area is 152 Å². The highest BCUT2D eigenvalue weighted by atomic mass is 16.2. The number of nitrogens with zero attached hydrogens (tertiary/aromatic N) is 1. The number of nitrogens with one attached hydrogen (secondary N) is 3. The topological polar surface area (TPSA) is 65.5 Å². The van der Waals surface area contributed by atoms with Gasteiger partial charge in [0.15, 0.2) is 5.96 Å². The van der Waals surface area contributed by atoms with Gasteiger partial charge in [-0.25, -0.2) is 0 Å². The van der Waals surface area contributed by atoms with Gasteiger partial charge in [0.25, 0.3) is 0 Å². The summed E-state index contributed by atoms with van der Waals surface area (Å²) in [5.74, 6) is 0.576. The molecule has 140 valence electrons. The van der Waals surface area contributed by atoms with Crippen LogP contribution in [0.4, 0.5) is 0 Å². The van der Waals surface area contributed by atoms with Crippen LogP contribution in [0.2, 0.25) is 0 Å². The van der Waals surface area contributed by atoms with Gasteiger partial charge in [-0.2, -0.15) is 0 Å². The number of rotatable bonds is 6. The Morgan fingerprint density at radius 1 is 1.04 bits per heavy atom. The van der Waals surface area contributed by atoms with Crippen LogP contribution < -0.4 is 16.0 Å². The van der Waals surface area contributed by atoms with Crippen LogP contribution in [0.25, 0.3) is 0 Å². The fourth-order valence-corrected chi connectivity index (χ4v) is 2.45. The Morgan fingerprint density at radius 3 is 2.12 bits per heavy atom. The Bertz CT molecular complexity index is 583. The Morgan fingerprint density at radius 2 is 1.64 bits per heavy atom. The highest BCUT2D eigenvalue weighted by Gasteiger charge is 2.21. The fraction of sp³-hybridized carbons (Fsp3) is 0.600. The molecule has 5 heteroatoms. The van der Waals surface area contributed by atoms with Gasteiger partial charge in [-0.1, -0.05) is 45.0 Å². The maximum absolute atomic E-state index is 11.9. The molecule has 1 rings (SSSR count). The SMILES string of the molecule is CCc1ccc(C(C)(C)CNC(=NC)NCC(=O)NC(C)(C)C)cc1. The molecule has 3 N–H and O–H groups in total. The van der Waals surface area contributed by atoms with Gasteiger partial charge in [-0.05, 0) is 38.3 Å². The lowest BCUT2D eigenvalue weighted by molar-refractivity contribution is -0.121. The molecule has 0 fully saturated rings. The van der Waals surface area contributed by atoms with E-state index in [9.17, 15) is 4.79 Å². The van der Waals surface area contributed by atoms with Gasteiger partial charge in [-0.15, -0.1) is 0 Å². The average Bonchev–Trinajstić information content (AvgIpc) is 2.53. The standard InChI is InChI=1S/C20H34N4O/c1-8-15-9-11-16(12-10-15)20(5,6)14-23-18(21-7)22-13-17(25)24-19(2,3)4/h9-12H,8,13-14H2,1-7H3,(H,24,25)(H2,21,22,23). The molecular weight excluding hydrogens is 312 g/mol. The number of benzene rings is 1. The molecule has 0 saturated heterocycles. The van der Waals surface area contributed by atoms with Crippen LogP contribution in [0.3, 0.4) is 0 Å². The lowest BCUT2D eigenvalue weighted by Gasteiger charge is -2.27. The van der Waals surface area contributed by atoms with Crippen LogP contribution in [0.1, 0.15) is 52.7 Å². The van der Waals surface area contributed by atoms with E-state index in [4.69, 9.17) is 0 Å². The predicted octanol–water partition coefficient (Wildman–Crippen LogP) is 2.61. The van der Waals surface area contributed by atoms with E-state index in [1.165, 1.54) is 11.1 Å². The van der Waals surface area contributed by atoms with Crippen molar-refractivity contribution >= 4 is 11.9 Å². The lowest BCUT2D eigenvalue weighted by Crippen LogP contribution is -2.49. The first kappa shape index (κ1) is 21.0. The molecule has 0 aliphatic rings. The summed E-state index contributed by atoms with van der Waals surface area (Å²) in [6, 6.07) is 8.74. The minimum atomic E-state index is -0.234. The van der Waals surface area contributed by atoms with Crippen molar-refractivity contribution < 1.29 is 4.79 Å². The monoisotopic (exact) mass is 346 g/mol. The van der Waals surface area contributed by atoms with E-state index in [1.54, 1.807) is 7.05 Å². The van der Waals surface area contributed by atoms with Crippen molar-refractivity contribution in [2.24, 2.45) is 4.99 Å². The molecule has 5 nitrogen and oxygen atoms in total. The zero-order chi connectivity index (χ0) is 19.1. The largest absolute Gasteiger partial charge is 0.356 e. The molecule has 1 aromatic rings. The molecule has 25 heavy (non-hydrogen) atoms. The molecule has 0 unspecified atom stereocenters. The summed E-state index contributed by atoms with van der Waals surface area (Å²) >= 11 is 0. The quantitative estimate of drug-likeness (QED) is 0.548. The van der Waals surface area contributed by atoms with Gasteiger partial charge in [0.2, 0.25) is 5.91 Å². The van der Waals surface area contributed by atoms with Crippen molar-refractivity contribution in [3.8, 4) is 0 Å². The first-order valence-electron chi connectivity index (χ1n) is 8.92. The third-order valence-corrected chi connectivity index (χ3v) is 4.00. The van der Waals surface area contributed by atoms with Gasteiger partial charge in [0, 0.05) is 24.5 Å². The molecule has 0 aliphatic carbocycles. The number of aryl methyl sites for hydroxylation is 1. The molecule has 0 bridgehead atoms. The van der Waals surface area contributed by atoms with E-state index in [-0.39, 0.29) is 23.4 Å². The van der Waals surface area contributed by atoms with Gasteiger partial charge < -0.3 is 16.0 Å². The summed E-state index contributed by atoms with van der Waals surface area (Å²) in [4.78, 5) is 16.1. The van der Waals surface area contributed by atoms with Gasteiger partial charge in [0.05, 0.1) is 6.54 Å². The lowest BCUT2D eigenvalue weighted by atomic mass is 9.84. The van der Waals surface area contributed by atoms with Gasteiger partial charge in [0.1, 0.15) is 0 Å². The third-order valence-electron chi connectivity index (χ3n) is 4.00. The van der Waals surface area contributed by atoms with E-state index in [0.29, 0.717) is 5.96 Å². The zero-order valence-corrected chi connectivity index (χ0v) is 16.8. The number of aliphatic imine (C=N–C) groups is 1. The summed E-state index contributed by atoms with van der Waals surface area (Å²) in [5, 5.41) is 9.30. The second-order valence-corrected chi connectivity index (χ2v) is 8.01. The van der Waals surface area contributed by atoms with Crippen molar-refractivity contribution in [1.82, 2.24) is 16.0 Å². The first-order valence-corrected chi connectivity index (χ1v) is 8.92. The van der Waals surface area contributed by atoms with E-state index in [0.717, 1.165) is 13.0 Å². The van der Waals surface area contributed by atoms with Crippen molar-refractivity contribution in [2.45, 2.75) is 58.9 Å². The van der Waals surface area contributed by atoms with E-state index >= 15 is 0 Å². The van der Waals surface area contributed by atoms with E-state index in [1.807, 2.05) is 20.8 Å². The van der Waals surface area contributed by atoms with Gasteiger partial charge in [-0.3, -0.25) is 9.79 Å². The summed E-state index contributed by atoms with van der Waals surface area (Å²) in [6.45, 7) is 13.4. The molecule has 0 aromatic heterocycles. The van der Waals surface area contributed by atoms with Crippen molar-refractivity contribution in [2.75, 3.05) is 20.1 Å². The van der Waals surface area contributed by atoms with Gasteiger partial charge >= 0.3 is 0 Å². The van der Waals surface area contributed by atoms with Crippen LogP contribution in [0, 0.1) is 0 Å². The van der Waals surface area contributed by atoms with E-state index < -0.39 is 0 Å². The Kier molecular flexibility index (Phi) is 7.46. The summed E-state index contributed by atoms with van der Waals surface area (Å²) in [7, 11) is 1.71. The molecule has 0 heterocycles. The second kappa shape index (κ2) is 8.88. The molecule has 0 spiro atoms. The number of carbonyl (C=O) groups excluding carboxylic acids is 1. The average molecular weight is 347 g/mol. The Balaban J connectivity index is 2.56. The summed E-state index contributed by atoms with van der Waals surface area (Å²) in [5.41, 5.74) is 2.34. The zero-order valence-electron chi connectivity index (χ0n) is 16.8. The molecule has 1 aromatic carbocycles. The number of hydrogen-bond donors (Lipinski definition) is 3. The maximum Gasteiger partial charge on any atom is 0.239 e. The normalized spacial score (nSPS) is 12.7. The molecule has 0 saturated carbocycles. The number of amides is 1. The molecular formula is C20H34N4O. The minimum Gasteiger partial charge on any atom is -0.356 e. The number of hydrogen-bond acceptors (Lipinski definition) is 2. The van der Waals surface area contributed by atoms with Crippen LogP contribution in [-0.4, -0.2) is 37.5 Å². The Hall–Kier alpha value is -2.04. The van der Waals surface area contributed by atoms with Crippen LogP contribution in [-0.2, 0) is 16.6 Å². The molecule has 0 radical (unpaired) electrons. The van der Waals surface area contributed by atoms with E-state index in [2.05, 4.69) is 66.0 Å². The van der Waals surface area contributed by atoms with Crippen LogP contribution in [0.15, 0.2) is 29.3 Å². The van der Waals surface area contributed by atoms with Crippen molar-refractivity contribution in [3.05, 3.63) is 35.4 Å². The van der Waals surface area contributed by atoms with Crippen LogP contribution >= 0.6 is 0 Å². The highest BCUT2D eigenvalue weighted by Crippen LogP contribution is 2.22. The predicted molar refractivity (Wildman–Crippen MR) is 106 cm³/mol. The number of carbonyl (C=O) groups is 1. The van der Waals surface area contributed by atoms with Crippen LogP contribution in [0.5, 0.6) is 0 Å². The molecule has 0 atom stereocenters. The second-order valence-electron chi connectivity index (χ2n) is 8.01. The summed E-state index contributed by atoms with van der Waals surface area (Å²) < 4.78 is 0. The minimum absolute atomic E-state index is 0.0441. The summed E-state index contributed by atoms with van der Waals surface area (Å²) in [6.07, 6.45) is 1.05. The molecule has 1 amide bonds. The fourth-order valence-electron chi connectivity index (χ4n) is 2.45.